The Balaban J connectivity index is 2.23. The standard InChI is InChI=1S/C16H25NO2/c1-12(18)14-6-4-5-7-15(14)16(19)10-8-13(9-11-16)17(2)3/h4-7,12-13,18-19H,8-11H2,1-3H3. The molecule has 1 atom stereocenters. The van der Waals surface area contributed by atoms with Gasteiger partial charge in [0.05, 0.1) is 11.7 Å². The predicted octanol–water partition coefficient (Wildman–Crippen LogP) is 2.43. The topological polar surface area (TPSA) is 43.7 Å². The zero-order chi connectivity index (χ0) is 14.0. The quantitative estimate of drug-likeness (QED) is 0.880. The smallest absolute Gasteiger partial charge is 0.0901 e. The highest BCUT2D eigenvalue weighted by Gasteiger charge is 2.37. The molecule has 0 bridgehead atoms. The molecule has 0 spiro atoms. The average molecular weight is 263 g/mol. The second-order valence-electron chi connectivity index (χ2n) is 5.99. The summed E-state index contributed by atoms with van der Waals surface area (Å²) in [5.41, 5.74) is 0.982. The fraction of sp³-hybridized carbons (Fsp3) is 0.625. The van der Waals surface area contributed by atoms with Crippen LogP contribution < -0.4 is 0 Å². The molecule has 2 N–H and O–H groups in total. The molecule has 1 aliphatic rings. The fourth-order valence-electron chi connectivity index (χ4n) is 3.15. The molecular formula is C16H25NO2. The molecule has 1 aromatic carbocycles. The van der Waals surface area contributed by atoms with E-state index >= 15 is 0 Å². The van der Waals surface area contributed by atoms with Gasteiger partial charge in [-0.05, 0) is 57.8 Å². The zero-order valence-corrected chi connectivity index (χ0v) is 12.1. The minimum Gasteiger partial charge on any atom is -0.389 e. The van der Waals surface area contributed by atoms with Gasteiger partial charge < -0.3 is 15.1 Å². The lowest BCUT2D eigenvalue weighted by atomic mass is 9.75. The molecule has 2 rings (SSSR count). The van der Waals surface area contributed by atoms with E-state index < -0.39 is 11.7 Å². The van der Waals surface area contributed by atoms with Crippen LogP contribution in [0.2, 0.25) is 0 Å². The Morgan fingerprint density at radius 3 is 2.32 bits per heavy atom. The summed E-state index contributed by atoms with van der Waals surface area (Å²) in [5.74, 6) is 0. The van der Waals surface area contributed by atoms with E-state index in [2.05, 4.69) is 19.0 Å². The summed E-state index contributed by atoms with van der Waals surface area (Å²) in [4.78, 5) is 2.24. The lowest BCUT2D eigenvalue weighted by Crippen LogP contribution is -2.39. The van der Waals surface area contributed by atoms with E-state index in [1.807, 2.05) is 24.3 Å². The van der Waals surface area contributed by atoms with Gasteiger partial charge in [-0.15, -0.1) is 0 Å². The highest BCUT2D eigenvalue weighted by Crippen LogP contribution is 2.40. The molecule has 1 aromatic rings. The SMILES string of the molecule is CC(O)c1ccccc1C1(O)CCC(N(C)C)CC1. The Hall–Kier alpha value is -0.900. The number of aliphatic hydroxyl groups is 2. The summed E-state index contributed by atoms with van der Waals surface area (Å²) >= 11 is 0. The summed E-state index contributed by atoms with van der Waals surface area (Å²) in [6, 6.07) is 8.28. The Morgan fingerprint density at radius 2 is 1.79 bits per heavy atom. The van der Waals surface area contributed by atoms with Crippen molar-refractivity contribution in [3.63, 3.8) is 0 Å². The molecule has 106 valence electrons. The van der Waals surface area contributed by atoms with Gasteiger partial charge in [-0.25, -0.2) is 0 Å². The van der Waals surface area contributed by atoms with Gasteiger partial charge in [-0.2, -0.15) is 0 Å². The largest absolute Gasteiger partial charge is 0.389 e. The maximum absolute atomic E-state index is 10.9. The van der Waals surface area contributed by atoms with Crippen LogP contribution in [0.4, 0.5) is 0 Å². The molecule has 1 aliphatic carbocycles. The van der Waals surface area contributed by atoms with Gasteiger partial charge in [0.1, 0.15) is 0 Å². The maximum atomic E-state index is 10.9. The zero-order valence-electron chi connectivity index (χ0n) is 12.1. The first kappa shape index (κ1) is 14.5. The van der Waals surface area contributed by atoms with Gasteiger partial charge in [0.2, 0.25) is 0 Å². The normalized spacial score (nSPS) is 29.5. The number of rotatable bonds is 3. The first-order valence-corrected chi connectivity index (χ1v) is 7.10. The van der Waals surface area contributed by atoms with Crippen molar-refractivity contribution in [1.82, 2.24) is 4.90 Å². The second kappa shape index (κ2) is 5.61. The van der Waals surface area contributed by atoms with Gasteiger partial charge in [0.25, 0.3) is 0 Å². The van der Waals surface area contributed by atoms with Gasteiger partial charge in [-0.1, -0.05) is 24.3 Å². The van der Waals surface area contributed by atoms with Crippen molar-refractivity contribution >= 4 is 0 Å². The second-order valence-corrected chi connectivity index (χ2v) is 5.99. The minimum absolute atomic E-state index is 0.535. The van der Waals surface area contributed by atoms with Crippen LogP contribution in [0.5, 0.6) is 0 Å². The summed E-state index contributed by atoms with van der Waals surface area (Å²) in [7, 11) is 4.19. The van der Waals surface area contributed by atoms with Crippen molar-refractivity contribution in [3.05, 3.63) is 35.4 Å². The third-order valence-electron chi connectivity index (χ3n) is 4.42. The summed E-state index contributed by atoms with van der Waals surface area (Å²) in [5, 5.41) is 20.8. The van der Waals surface area contributed by atoms with Crippen molar-refractivity contribution in [3.8, 4) is 0 Å². The Labute approximate surface area is 115 Å². The molecule has 0 aromatic heterocycles. The molecule has 0 radical (unpaired) electrons. The van der Waals surface area contributed by atoms with E-state index in [9.17, 15) is 10.2 Å². The highest BCUT2D eigenvalue weighted by atomic mass is 16.3. The molecule has 3 heteroatoms. The Kier molecular flexibility index (Phi) is 4.29. The van der Waals surface area contributed by atoms with Crippen LogP contribution in [0, 0.1) is 0 Å². The van der Waals surface area contributed by atoms with Crippen molar-refractivity contribution in [1.29, 1.82) is 0 Å². The molecule has 1 saturated carbocycles. The first-order valence-electron chi connectivity index (χ1n) is 7.10. The summed E-state index contributed by atoms with van der Waals surface area (Å²) in [6.07, 6.45) is 2.99. The Bertz CT molecular complexity index is 421. The third kappa shape index (κ3) is 2.99. The van der Waals surface area contributed by atoms with Gasteiger partial charge in [0, 0.05) is 6.04 Å². The number of hydrogen-bond donors (Lipinski definition) is 2. The number of benzene rings is 1. The number of hydrogen-bond acceptors (Lipinski definition) is 3. The molecular weight excluding hydrogens is 238 g/mol. The third-order valence-corrected chi connectivity index (χ3v) is 4.42. The summed E-state index contributed by atoms with van der Waals surface area (Å²) in [6.45, 7) is 1.76. The van der Waals surface area contributed by atoms with E-state index in [0.717, 1.165) is 36.8 Å². The number of nitrogens with zero attached hydrogens (tertiary/aromatic N) is 1. The fourth-order valence-corrected chi connectivity index (χ4v) is 3.15. The van der Waals surface area contributed by atoms with Crippen molar-refractivity contribution in [2.45, 2.75) is 50.4 Å². The van der Waals surface area contributed by atoms with E-state index in [0.29, 0.717) is 6.04 Å². The van der Waals surface area contributed by atoms with Crippen molar-refractivity contribution in [2.24, 2.45) is 0 Å². The molecule has 1 unspecified atom stereocenters. The molecule has 0 amide bonds. The van der Waals surface area contributed by atoms with Crippen LogP contribution in [0.1, 0.15) is 49.8 Å². The van der Waals surface area contributed by atoms with Crippen LogP contribution in [0.3, 0.4) is 0 Å². The Morgan fingerprint density at radius 1 is 1.21 bits per heavy atom. The minimum atomic E-state index is -0.778. The maximum Gasteiger partial charge on any atom is 0.0901 e. The van der Waals surface area contributed by atoms with Crippen LogP contribution in [-0.4, -0.2) is 35.3 Å². The summed E-state index contributed by atoms with van der Waals surface area (Å²) < 4.78 is 0. The van der Waals surface area contributed by atoms with Crippen molar-refractivity contribution in [2.75, 3.05) is 14.1 Å². The number of aliphatic hydroxyl groups excluding tert-OH is 1. The molecule has 0 saturated heterocycles. The molecule has 0 heterocycles. The molecule has 3 nitrogen and oxygen atoms in total. The highest BCUT2D eigenvalue weighted by molar-refractivity contribution is 5.34. The molecule has 1 fully saturated rings. The van der Waals surface area contributed by atoms with Crippen LogP contribution in [0.15, 0.2) is 24.3 Å². The van der Waals surface area contributed by atoms with E-state index in [1.54, 1.807) is 6.92 Å². The monoisotopic (exact) mass is 263 g/mol. The predicted molar refractivity (Wildman–Crippen MR) is 76.9 cm³/mol. The van der Waals surface area contributed by atoms with Gasteiger partial charge >= 0.3 is 0 Å². The lowest BCUT2D eigenvalue weighted by Gasteiger charge is -2.40. The molecule has 0 aliphatic heterocycles. The first-order chi connectivity index (χ1) is 8.94. The van der Waals surface area contributed by atoms with Crippen LogP contribution in [0.25, 0.3) is 0 Å². The van der Waals surface area contributed by atoms with Gasteiger partial charge in [0.15, 0.2) is 0 Å². The lowest BCUT2D eigenvalue weighted by molar-refractivity contribution is -0.0211. The van der Waals surface area contributed by atoms with Crippen LogP contribution >= 0.6 is 0 Å². The average Bonchev–Trinajstić information content (AvgIpc) is 2.39. The van der Waals surface area contributed by atoms with Crippen molar-refractivity contribution < 1.29 is 10.2 Å². The van der Waals surface area contributed by atoms with E-state index in [4.69, 9.17) is 0 Å². The van der Waals surface area contributed by atoms with Gasteiger partial charge in [-0.3, -0.25) is 0 Å². The van der Waals surface area contributed by atoms with Crippen LogP contribution in [-0.2, 0) is 5.60 Å². The van der Waals surface area contributed by atoms with E-state index in [1.165, 1.54) is 0 Å². The molecule has 19 heavy (non-hydrogen) atoms. The van der Waals surface area contributed by atoms with E-state index in [-0.39, 0.29) is 0 Å².